The van der Waals surface area contributed by atoms with Crippen LogP contribution >= 0.6 is 0 Å². The first-order valence-corrected chi connectivity index (χ1v) is 7.38. The molecule has 2 aromatic carbocycles. The first-order chi connectivity index (χ1) is 11.2. The first kappa shape index (κ1) is 15.2. The monoisotopic (exact) mass is 309 g/mol. The van der Waals surface area contributed by atoms with Crippen LogP contribution in [0.5, 0.6) is 5.75 Å². The zero-order valence-corrected chi connectivity index (χ0v) is 13.5. The molecule has 0 atom stereocenters. The van der Waals surface area contributed by atoms with E-state index in [1.807, 2.05) is 67.5 Å². The van der Waals surface area contributed by atoms with Gasteiger partial charge >= 0.3 is 0 Å². The molecule has 0 aliphatic heterocycles. The molecular weight excluding hydrogens is 290 g/mol. The van der Waals surface area contributed by atoms with Crippen LogP contribution in [0.2, 0.25) is 0 Å². The molecule has 3 aromatic rings. The Morgan fingerprint density at radius 2 is 1.83 bits per heavy atom. The Labute approximate surface area is 135 Å². The smallest absolute Gasteiger partial charge is 0.257 e. The molecule has 1 heterocycles. The molecule has 118 valence electrons. The minimum absolute atomic E-state index is 0.526. The van der Waals surface area contributed by atoms with Gasteiger partial charge in [-0.1, -0.05) is 35.5 Å². The van der Waals surface area contributed by atoms with Crippen LogP contribution in [-0.2, 0) is 6.54 Å². The summed E-state index contributed by atoms with van der Waals surface area (Å²) in [5.41, 5.74) is 2.98. The van der Waals surface area contributed by atoms with Crippen molar-refractivity contribution in [3.8, 4) is 28.3 Å². The lowest BCUT2D eigenvalue weighted by atomic mass is 10.0. The number of hydrogen-bond acceptors (Lipinski definition) is 5. The molecule has 0 unspecified atom stereocenters. The van der Waals surface area contributed by atoms with Crippen LogP contribution in [0.3, 0.4) is 0 Å². The van der Waals surface area contributed by atoms with Crippen molar-refractivity contribution in [2.45, 2.75) is 6.54 Å². The highest BCUT2D eigenvalue weighted by molar-refractivity contribution is 5.74. The number of benzene rings is 2. The summed E-state index contributed by atoms with van der Waals surface area (Å²) >= 11 is 0. The lowest BCUT2D eigenvalue weighted by Crippen LogP contribution is -2.11. The molecule has 0 aliphatic rings. The van der Waals surface area contributed by atoms with Crippen molar-refractivity contribution < 1.29 is 9.26 Å². The molecule has 0 fully saturated rings. The molecule has 0 spiro atoms. The van der Waals surface area contributed by atoms with Crippen LogP contribution < -0.4 is 4.74 Å². The quantitative estimate of drug-likeness (QED) is 0.722. The lowest BCUT2D eigenvalue weighted by Gasteiger charge is -2.08. The molecule has 5 nitrogen and oxygen atoms in total. The number of rotatable bonds is 5. The summed E-state index contributed by atoms with van der Waals surface area (Å²) < 4.78 is 10.8. The third kappa shape index (κ3) is 3.40. The van der Waals surface area contributed by atoms with Crippen LogP contribution in [0.15, 0.2) is 53.1 Å². The molecule has 0 saturated heterocycles. The highest BCUT2D eigenvalue weighted by Crippen LogP contribution is 2.31. The van der Waals surface area contributed by atoms with E-state index in [0.717, 1.165) is 22.4 Å². The summed E-state index contributed by atoms with van der Waals surface area (Å²) in [6, 6.07) is 15.9. The Morgan fingerprint density at radius 3 is 2.61 bits per heavy atom. The molecule has 3 rings (SSSR count). The van der Waals surface area contributed by atoms with E-state index in [1.165, 1.54) is 0 Å². The van der Waals surface area contributed by atoms with Gasteiger partial charge in [-0.3, -0.25) is 0 Å². The average molecular weight is 309 g/mol. The van der Waals surface area contributed by atoms with Gasteiger partial charge in [-0.05, 0) is 37.9 Å². The Balaban J connectivity index is 1.95. The second-order valence-corrected chi connectivity index (χ2v) is 5.53. The van der Waals surface area contributed by atoms with Gasteiger partial charge < -0.3 is 14.2 Å². The van der Waals surface area contributed by atoms with Crippen molar-refractivity contribution in [1.29, 1.82) is 0 Å². The van der Waals surface area contributed by atoms with Gasteiger partial charge in [0.2, 0.25) is 0 Å². The molecule has 5 heteroatoms. The largest absolute Gasteiger partial charge is 0.496 e. The van der Waals surface area contributed by atoms with Crippen LogP contribution in [0, 0.1) is 0 Å². The zero-order chi connectivity index (χ0) is 16.2. The van der Waals surface area contributed by atoms with Crippen molar-refractivity contribution in [3.63, 3.8) is 0 Å². The number of nitrogens with zero attached hydrogens (tertiary/aromatic N) is 3. The SMILES string of the molecule is COc1ccccc1-c1cccc(-c2nc(CN(C)C)no2)c1. The molecule has 0 N–H and O–H groups in total. The normalized spacial score (nSPS) is 11.0. The van der Waals surface area contributed by atoms with Crippen molar-refractivity contribution >= 4 is 0 Å². The van der Waals surface area contributed by atoms with Crippen molar-refractivity contribution in [2.75, 3.05) is 21.2 Å². The Bertz CT molecular complexity index is 796. The maximum atomic E-state index is 5.44. The van der Waals surface area contributed by atoms with Gasteiger partial charge in [-0.2, -0.15) is 4.98 Å². The van der Waals surface area contributed by atoms with E-state index >= 15 is 0 Å². The van der Waals surface area contributed by atoms with Gasteiger partial charge in [0.05, 0.1) is 13.7 Å². The number of methoxy groups -OCH3 is 1. The average Bonchev–Trinajstić information content (AvgIpc) is 3.02. The lowest BCUT2D eigenvalue weighted by molar-refractivity contribution is 0.365. The summed E-state index contributed by atoms with van der Waals surface area (Å²) in [4.78, 5) is 6.45. The highest BCUT2D eigenvalue weighted by Gasteiger charge is 2.11. The highest BCUT2D eigenvalue weighted by atomic mass is 16.5. The third-order valence-electron chi connectivity index (χ3n) is 3.45. The van der Waals surface area contributed by atoms with Gasteiger partial charge in [-0.25, -0.2) is 0 Å². The molecular formula is C18H19N3O2. The van der Waals surface area contributed by atoms with Crippen LogP contribution in [0.4, 0.5) is 0 Å². The van der Waals surface area contributed by atoms with Gasteiger partial charge in [-0.15, -0.1) is 0 Å². The Kier molecular flexibility index (Phi) is 4.39. The first-order valence-electron chi connectivity index (χ1n) is 7.38. The van der Waals surface area contributed by atoms with E-state index in [0.29, 0.717) is 18.3 Å². The van der Waals surface area contributed by atoms with Crippen LogP contribution in [0.25, 0.3) is 22.6 Å². The number of aromatic nitrogens is 2. The Morgan fingerprint density at radius 1 is 1.04 bits per heavy atom. The predicted molar refractivity (Wildman–Crippen MR) is 89.1 cm³/mol. The fourth-order valence-electron chi connectivity index (χ4n) is 2.42. The molecule has 23 heavy (non-hydrogen) atoms. The van der Waals surface area contributed by atoms with Crippen molar-refractivity contribution in [3.05, 3.63) is 54.4 Å². The van der Waals surface area contributed by atoms with Crippen molar-refractivity contribution in [1.82, 2.24) is 15.0 Å². The molecule has 1 aromatic heterocycles. The van der Waals surface area contributed by atoms with Gasteiger partial charge in [0.25, 0.3) is 5.89 Å². The maximum Gasteiger partial charge on any atom is 0.257 e. The third-order valence-corrected chi connectivity index (χ3v) is 3.45. The minimum Gasteiger partial charge on any atom is -0.496 e. The Hall–Kier alpha value is -2.66. The van der Waals surface area contributed by atoms with E-state index in [9.17, 15) is 0 Å². The van der Waals surface area contributed by atoms with E-state index < -0.39 is 0 Å². The second-order valence-electron chi connectivity index (χ2n) is 5.53. The standard InChI is InChI=1S/C18H19N3O2/c1-21(2)12-17-19-18(23-20-17)14-8-6-7-13(11-14)15-9-4-5-10-16(15)22-3/h4-11H,12H2,1-3H3. The van der Waals surface area contributed by atoms with Gasteiger partial charge in [0, 0.05) is 11.1 Å². The zero-order valence-electron chi connectivity index (χ0n) is 13.5. The molecule has 0 bridgehead atoms. The summed E-state index contributed by atoms with van der Waals surface area (Å²) in [5, 5.41) is 4.02. The van der Waals surface area contributed by atoms with Crippen LogP contribution in [0.1, 0.15) is 5.82 Å². The fraction of sp³-hybridized carbons (Fsp3) is 0.222. The summed E-state index contributed by atoms with van der Waals surface area (Å²) in [7, 11) is 5.62. The van der Waals surface area contributed by atoms with Gasteiger partial charge in [0.1, 0.15) is 5.75 Å². The molecule has 0 aliphatic carbocycles. The number of para-hydroxylation sites is 1. The summed E-state index contributed by atoms with van der Waals surface area (Å²) in [6.07, 6.45) is 0. The van der Waals surface area contributed by atoms with E-state index in [1.54, 1.807) is 7.11 Å². The maximum absolute atomic E-state index is 5.44. The predicted octanol–water partition coefficient (Wildman–Crippen LogP) is 3.47. The number of ether oxygens (including phenoxy) is 1. The van der Waals surface area contributed by atoms with E-state index in [4.69, 9.17) is 9.26 Å². The minimum atomic E-state index is 0.526. The van der Waals surface area contributed by atoms with Crippen molar-refractivity contribution in [2.24, 2.45) is 0 Å². The van der Waals surface area contributed by atoms with E-state index in [2.05, 4.69) is 10.1 Å². The van der Waals surface area contributed by atoms with Crippen LogP contribution in [-0.4, -0.2) is 36.2 Å². The second kappa shape index (κ2) is 6.62. The van der Waals surface area contributed by atoms with Gasteiger partial charge in [0.15, 0.2) is 5.82 Å². The fourth-order valence-corrected chi connectivity index (χ4v) is 2.42. The molecule has 0 amide bonds. The van der Waals surface area contributed by atoms with E-state index in [-0.39, 0.29) is 0 Å². The summed E-state index contributed by atoms with van der Waals surface area (Å²) in [5.74, 6) is 2.04. The number of hydrogen-bond donors (Lipinski definition) is 0. The molecule has 0 saturated carbocycles. The topological polar surface area (TPSA) is 51.4 Å². The molecule has 0 radical (unpaired) electrons. The summed E-state index contributed by atoms with van der Waals surface area (Å²) in [6.45, 7) is 0.649.